The van der Waals surface area contributed by atoms with E-state index < -0.39 is 0 Å². The summed E-state index contributed by atoms with van der Waals surface area (Å²) in [4.78, 5) is 2.53. The fraction of sp³-hybridized carbons (Fsp3) is 1.00. The molecule has 3 nitrogen and oxygen atoms in total. The lowest BCUT2D eigenvalue weighted by molar-refractivity contribution is 0.171. The average Bonchev–Trinajstić information content (AvgIpc) is 2.46. The van der Waals surface area contributed by atoms with Crippen LogP contribution in [-0.2, 0) is 4.74 Å². The predicted octanol–water partition coefficient (Wildman–Crippen LogP) is 1.73. The lowest BCUT2D eigenvalue weighted by atomic mass is 10.3. The molecule has 1 N–H and O–H groups in total. The molecular formula is C12H28N2O. The van der Waals surface area contributed by atoms with E-state index in [9.17, 15) is 0 Å². The third-order valence-corrected chi connectivity index (χ3v) is 2.50. The second kappa shape index (κ2) is 10.4. The lowest BCUT2D eigenvalue weighted by Crippen LogP contribution is -2.36. The molecule has 0 radical (unpaired) electrons. The van der Waals surface area contributed by atoms with Gasteiger partial charge in [-0.15, -0.1) is 0 Å². The Morgan fingerprint density at radius 3 is 2.80 bits per heavy atom. The van der Waals surface area contributed by atoms with Gasteiger partial charge in [0.05, 0.1) is 0 Å². The van der Waals surface area contributed by atoms with E-state index in [-0.39, 0.29) is 0 Å². The van der Waals surface area contributed by atoms with Crippen LogP contribution in [0.4, 0.5) is 0 Å². The molecular weight excluding hydrogens is 188 g/mol. The zero-order valence-corrected chi connectivity index (χ0v) is 10.9. The van der Waals surface area contributed by atoms with E-state index in [0.717, 1.165) is 13.0 Å². The minimum atomic E-state index is 0.644. The van der Waals surface area contributed by atoms with Crippen molar-refractivity contribution in [1.29, 1.82) is 0 Å². The summed E-state index contributed by atoms with van der Waals surface area (Å²) >= 11 is 0. The molecule has 15 heavy (non-hydrogen) atoms. The molecule has 1 fully saturated rings. The van der Waals surface area contributed by atoms with E-state index in [1.807, 2.05) is 13.8 Å². The Morgan fingerprint density at radius 2 is 2.13 bits per heavy atom. The van der Waals surface area contributed by atoms with Gasteiger partial charge in [-0.2, -0.15) is 0 Å². The molecule has 0 bridgehead atoms. The largest absolute Gasteiger partial charge is 0.385 e. The Kier molecular flexibility index (Phi) is 10.3. The first-order valence-electron chi connectivity index (χ1n) is 6.27. The van der Waals surface area contributed by atoms with Gasteiger partial charge in [-0.3, -0.25) is 0 Å². The van der Waals surface area contributed by atoms with Crippen molar-refractivity contribution in [3.05, 3.63) is 0 Å². The molecule has 0 amide bonds. The number of hydrogen-bond donors (Lipinski definition) is 1. The van der Waals surface area contributed by atoms with Crippen molar-refractivity contribution in [2.24, 2.45) is 0 Å². The average molecular weight is 216 g/mol. The Balaban J connectivity index is 0.000000921. The number of ether oxygens (including phenoxy) is 1. The van der Waals surface area contributed by atoms with Gasteiger partial charge in [0.15, 0.2) is 0 Å². The molecule has 0 aliphatic carbocycles. The molecule has 1 saturated heterocycles. The van der Waals surface area contributed by atoms with Crippen LogP contribution < -0.4 is 5.32 Å². The Morgan fingerprint density at radius 1 is 1.40 bits per heavy atom. The van der Waals surface area contributed by atoms with Crippen molar-refractivity contribution in [1.82, 2.24) is 10.2 Å². The predicted molar refractivity (Wildman–Crippen MR) is 66.4 cm³/mol. The quantitative estimate of drug-likeness (QED) is 0.724. The third kappa shape index (κ3) is 7.77. The summed E-state index contributed by atoms with van der Waals surface area (Å²) in [7, 11) is 1.77. The smallest absolute Gasteiger partial charge is 0.0474 e. The number of methoxy groups -OCH3 is 1. The van der Waals surface area contributed by atoms with Crippen LogP contribution in [0.2, 0.25) is 0 Å². The first-order chi connectivity index (χ1) is 7.33. The van der Waals surface area contributed by atoms with E-state index in [1.165, 1.54) is 32.6 Å². The zero-order chi connectivity index (χ0) is 11.5. The Bertz CT molecular complexity index is 131. The summed E-state index contributed by atoms with van der Waals surface area (Å²) in [6, 6.07) is 0.644. The van der Waals surface area contributed by atoms with Gasteiger partial charge in [-0.1, -0.05) is 13.8 Å². The van der Waals surface area contributed by atoms with E-state index in [2.05, 4.69) is 17.1 Å². The van der Waals surface area contributed by atoms with Crippen LogP contribution in [0.5, 0.6) is 0 Å². The van der Waals surface area contributed by atoms with Gasteiger partial charge in [0.1, 0.15) is 0 Å². The SMILES string of the molecule is CC.COCCCN1CCCNC(C)C1. The number of nitrogens with zero attached hydrogens (tertiary/aromatic N) is 1. The molecule has 1 unspecified atom stereocenters. The summed E-state index contributed by atoms with van der Waals surface area (Å²) in [5, 5.41) is 3.49. The summed E-state index contributed by atoms with van der Waals surface area (Å²) in [6.07, 6.45) is 2.43. The van der Waals surface area contributed by atoms with E-state index >= 15 is 0 Å². The first-order valence-corrected chi connectivity index (χ1v) is 6.27. The summed E-state index contributed by atoms with van der Waals surface area (Å²) in [5.41, 5.74) is 0. The van der Waals surface area contributed by atoms with Crippen LogP contribution in [-0.4, -0.2) is 50.8 Å². The fourth-order valence-corrected chi connectivity index (χ4v) is 1.83. The van der Waals surface area contributed by atoms with E-state index in [0.29, 0.717) is 6.04 Å². The fourth-order valence-electron chi connectivity index (χ4n) is 1.83. The van der Waals surface area contributed by atoms with Gasteiger partial charge in [0, 0.05) is 32.8 Å². The second-order valence-electron chi connectivity index (χ2n) is 3.86. The van der Waals surface area contributed by atoms with Crippen LogP contribution in [0.1, 0.15) is 33.6 Å². The molecule has 3 heteroatoms. The Labute approximate surface area is 95.2 Å². The van der Waals surface area contributed by atoms with Crippen molar-refractivity contribution in [3.8, 4) is 0 Å². The molecule has 1 rings (SSSR count). The van der Waals surface area contributed by atoms with Gasteiger partial charge in [-0.25, -0.2) is 0 Å². The molecule has 1 heterocycles. The molecule has 0 spiro atoms. The summed E-state index contributed by atoms with van der Waals surface area (Å²) in [5.74, 6) is 0. The maximum atomic E-state index is 5.05. The van der Waals surface area contributed by atoms with Gasteiger partial charge in [-0.05, 0) is 32.9 Å². The van der Waals surface area contributed by atoms with Crippen molar-refractivity contribution in [2.75, 3.05) is 39.9 Å². The highest BCUT2D eigenvalue weighted by molar-refractivity contribution is 4.72. The van der Waals surface area contributed by atoms with Gasteiger partial charge < -0.3 is 15.0 Å². The highest BCUT2D eigenvalue weighted by Gasteiger charge is 2.12. The first kappa shape index (κ1) is 14.9. The molecule has 1 aliphatic heterocycles. The van der Waals surface area contributed by atoms with Gasteiger partial charge >= 0.3 is 0 Å². The highest BCUT2D eigenvalue weighted by Crippen LogP contribution is 2.01. The molecule has 0 aromatic heterocycles. The highest BCUT2D eigenvalue weighted by atomic mass is 16.5. The topological polar surface area (TPSA) is 24.5 Å². The normalized spacial score (nSPS) is 22.8. The van der Waals surface area contributed by atoms with Crippen molar-refractivity contribution < 1.29 is 4.74 Å². The van der Waals surface area contributed by atoms with Crippen molar-refractivity contribution in [3.63, 3.8) is 0 Å². The maximum absolute atomic E-state index is 5.05. The van der Waals surface area contributed by atoms with Crippen LogP contribution in [0.15, 0.2) is 0 Å². The van der Waals surface area contributed by atoms with E-state index in [1.54, 1.807) is 7.11 Å². The van der Waals surface area contributed by atoms with Gasteiger partial charge in [0.25, 0.3) is 0 Å². The summed E-state index contributed by atoms with van der Waals surface area (Å²) < 4.78 is 5.05. The van der Waals surface area contributed by atoms with Crippen molar-refractivity contribution in [2.45, 2.75) is 39.7 Å². The molecule has 0 aromatic rings. The molecule has 0 aromatic carbocycles. The standard InChI is InChI=1S/C10H22N2O.C2H6/c1-10-9-12(6-3-5-11-10)7-4-8-13-2;1-2/h10-11H,3-9H2,1-2H3;1-2H3. The Hall–Kier alpha value is -0.120. The van der Waals surface area contributed by atoms with Gasteiger partial charge in [0.2, 0.25) is 0 Å². The molecule has 92 valence electrons. The number of nitrogens with one attached hydrogen (secondary N) is 1. The number of hydrogen-bond acceptors (Lipinski definition) is 3. The van der Waals surface area contributed by atoms with Crippen LogP contribution in [0.25, 0.3) is 0 Å². The molecule has 0 saturated carbocycles. The summed E-state index contributed by atoms with van der Waals surface area (Å²) in [6.45, 7) is 11.9. The van der Waals surface area contributed by atoms with E-state index in [4.69, 9.17) is 4.74 Å². The van der Waals surface area contributed by atoms with Crippen LogP contribution >= 0.6 is 0 Å². The number of rotatable bonds is 4. The maximum Gasteiger partial charge on any atom is 0.0474 e. The third-order valence-electron chi connectivity index (χ3n) is 2.50. The molecule has 1 atom stereocenters. The monoisotopic (exact) mass is 216 g/mol. The minimum absolute atomic E-state index is 0.644. The second-order valence-corrected chi connectivity index (χ2v) is 3.86. The lowest BCUT2D eigenvalue weighted by Gasteiger charge is -2.21. The van der Waals surface area contributed by atoms with Crippen molar-refractivity contribution >= 4 is 0 Å². The van der Waals surface area contributed by atoms with Crippen LogP contribution in [0.3, 0.4) is 0 Å². The van der Waals surface area contributed by atoms with Crippen LogP contribution in [0, 0.1) is 0 Å². The molecule has 1 aliphatic rings. The zero-order valence-electron chi connectivity index (χ0n) is 10.9. The minimum Gasteiger partial charge on any atom is -0.385 e.